The molecule has 6 aromatic rings. The first-order chi connectivity index (χ1) is 19.6. The molecule has 1 fully saturated rings. The molecular weight excluding hydrogens is 496 g/mol. The Kier molecular flexibility index (Phi) is 6.13. The molecule has 0 amide bonds. The fraction of sp³-hybridized carbons (Fsp3) is 0.235. The molecule has 0 aliphatic carbocycles. The van der Waals surface area contributed by atoms with Gasteiger partial charge in [0, 0.05) is 89.5 Å². The van der Waals surface area contributed by atoms with E-state index in [0.717, 1.165) is 70.8 Å². The summed E-state index contributed by atoms with van der Waals surface area (Å²) in [6.07, 6.45) is 5.99. The quantitative estimate of drug-likeness (QED) is 0.224. The Hall–Kier alpha value is -4.42. The van der Waals surface area contributed by atoms with E-state index in [1.54, 1.807) is 7.11 Å². The largest absolute Gasteiger partial charge is 0.481 e. The van der Waals surface area contributed by atoms with E-state index < -0.39 is 0 Å². The first-order valence-electron chi connectivity index (χ1n) is 13.9. The first-order valence-corrected chi connectivity index (χ1v) is 13.9. The number of ether oxygens (including phenoxy) is 1. The molecule has 1 aliphatic heterocycles. The predicted molar refractivity (Wildman–Crippen MR) is 160 cm³/mol. The lowest BCUT2D eigenvalue weighted by atomic mass is 9.98. The number of fused-ring (bicyclic) bond motifs is 4. The zero-order chi connectivity index (χ0) is 27.2. The minimum absolute atomic E-state index is 0.0771. The number of aromatic nitrogens is 3. The maximum absolute atomic E-state index is 14.1. The summed E-state index contributed by atoms with van der Waals surface area (Å²) in [5.41, 5.74) is 6.14. The Morgan fingerprint density at radius 2 is 1.57 bits per heavy atom. The van der Waals surface area contributed by atoms with E-state index in [0.29, 0.717) is 11.9 Å². The molecule has 7 rings (SSSR count). The van der Waals surface area contributed by atoms with E-state index in [-0.39, 0.29) is 5.78 Å². The van der Waals surface area contributed by atoms with E-state index in [9.17, 15) is 4.79 Å². The zero-order valence-corrected chi connectivity index (χ0v) is 22.9. The third kappa shape index (κ3) is 4.07. The summed E-state index contributed by atoms with van der Waals surface area (Å²) in [7, 11) is 3.65. The number of hydrogen-bond donors (Lipinski definition) is 0. The van der Waals surface area contributed by atoms with Gasteiger partial charge < -0.3 is 13.9 Å². The van der Waals surface area contributed by atoms with Gasteiger partial charge in [0.25, 0.3) is 0 Å². The van der Waals surface area contributed by atoms with Crippen molar-refractivity contribution in [3.8, 4) is 5.88 Å². The predicted octanol–water partition coefficient (Wildman–Crippen LogP) is 6.76. The standard InChI is InChI=1S/C34H32N4O2/c1-36-22-28(25-8-3-5-11-29(25)36)34(39)27-10-7-13-31-33(27)26-9-4-6-12-30(26)38(31)24-16-18-37(19-17-24)21-23-14-15-32(40-2)35-20-23/h3-15,20,22,24H,16-19,21H2,1-2H3. The number of nitrogens with zero attached hydrogens (tertiary/aromatic N) is 4. The minimum Gasteiger partial charge on any atom is -0.481 e. The molecule has 0 radical (unpaired) electrons. The molecule has 3 aromatic carbocycles. The third-order valence-electron chi connectivity index (χ3n) is 8.46. The molecule has 0 atom stereocenters. The van der Waals surface area contributed by atoms with Crippen LogP contribution in [0, 0.1) is 0 Å². The zero-order valence-electron chi connectivity index (χ0n) is 22.9. The highest BCUT2D eigenvalue weighted by Gasteiger charge is 2.26. The van der Waals surface area contributed by atoms with Crippen LogP contribution in [0.4, 0.5) is 0 Å². The van der Waals surface area contributed by atoms with Gasteiger partial charge in [0.05, 0.1) is 12.6 Å². The molecule has 0 N–H and O–H groups in total. The van der Waals surface area contributed by atoms with Gasteiger partial charge >= 0.3 is 0 Å². The normalized spacial score (nSPS) is 14.8. The van der Waals surface area contributed by atoms with Crippen LogP contribution in [0.1, 0.15) is 40.4 Å². The number of methoxy groups -OCH3 is 1. The smallest absolute Gasteiger partial charge is 0.212 e. The molecule has 0 unspecified atom stereocenters. The average molecular weight is 529 g/mol. The molecule has 3 aromatic heterocycles. The number of carbonyl (C=O) groups excluding carboxylic acids is 1. The SMILES string of the molecule is COc1ccc(CN2CCC(n3c4ccccc4c4c(C(=O)c5cn(C)c6ccccc56)cccc43)CC2)cn1. The number of ketones is 1. The van der Waals surface area contributed by atoms with Gasteiger partial charge in [-0.25, -0.2) is 4.98 Å². The molecule has 40 heavy (non-hydrogen) atoms. The lowest BCUT2D eigenvalue weighted by molar-refractivity contribution is 0.104. The van der Waals surface area contributed by atoms with Crippen molar-refractivity contribution < 1.29 is 9.53 Å². The fourth-order valence-electron chi connectivity index (χ4n) is 6.52. The third-order valence-corrected chi connectivity index (χ3v) is 8.46. The van der Waals surface area contributed by atoms with Crippen LogP contribution >= 0.6 is 0 Å². The number of para-hydroxylation sites is 2. The number of piperidine rings is 1. The Balaban J connectivity index is 1.24. The van der Waals surface area contributed by atoms with Crippen LogP contribution in [0.2, 0.25) is 0 Å². The van der Waals surface area contributed by atoms with Crippen molar-refractivity contribution in [3.63, 3.8) is 0 Å². The van der Waals surface area contributed by atoms with Crippen molar-refractivity contribution in [2.45, 2.75) is 25.4 Å². The van der Waals surface area contributed by atoms with Crippen molar-refractivity contribution in [1.82, 2.24) is 19.0 Å². The van der Waals surface area contributed by atoms with Crippen LogP contribution in [0.15, 0.2) is 91.3 Å². The van der Waals surface area contributed by atoms with Crippen LogP contribution in [0.5, 0.6) is 5.88 Å². The molecule has 1 saturated heterocycles. The lowest BCUT2D eigenvalue weighted by Gasteiger charge is -2.33. The van der Waals surface area contributed by atoms with Gasteiger partial charge in [0.2, 0.25) is 5.88 Å². The van der Waals surface area contributed by atoms with Gasteiger partial charge in [-0.05, 0) is 36.6 Å². The fourth-order valence-corrected chi connectivity index (χ4v) is 6.52. The molecule has 1 aliphatic rings. The summed E-state index contributed by atoms with van der Waals surface area (Å²) in [6, 6.07) is 27.3. The van der Waals surface area contributed by atoms with Gasteiger partial charge in [0.15, 0.2) is 5.78 Å². The number of aryl methyl sites for hydroxylation is 1. The molecular formula is C34H32N4O2. The molecule has 200 valence electrons. The number of hydrogen-bond acceptors (Lipinski definition) is 4. The van der Waals surface area contributed by atoms with E-state index in [1.165, 1.54) is 11.1 Å². The summed E-state index contributed by atoms with van der Waals surface area (Å²) in [4.78, 5) is 21.0. The number of pyridine rings is 1. The number of carbonyl (C=O) groups is 1. The van der Waals surface area contributed by atoms with Gasteiger partial charge in [0.1, 0.15) is 0 Å². The molecule has 4 heterocycles. The summed E-state index contributed by atoms with van der Waals surface area (Å²) in [6.45, 7) is 2.92. The Morgan fingerprint density at radius 1 is 0.850 bits per heavy atom. The van der Waals surface area contributed by atoms with Gasteiger partial charge in [-0.2, -0.15) is 0 Å². The van der Waals surface area contributed by atoms with Crippen molar-refractivity contribution in [1.29, 1.82) is 0 Å². The second kappa shape index (κ2) is 9.96. The maximum atomic E-state index is 14.1. The van der Waals surface area contributed by atoms with Crippen molar-refractivity contribution >= 4 is 38.5 Å². The van der Waals surface area contributed by atoms with Crippen LogP contribution < -0.4 is 4.74 Å². The Bertz CT molecular complexity index is 1860. The molecule has 0 spiro atoms. The molecule has 0 bridgehead atoms. The monoisotopic (exact) mass is 528 g/mol. The van der Waals surface area contributed by atoms with E-state index >= 15 is 0 Å². The van der Waals surface area contributed by atoms with Crippen molar-refractivity contribution in [2.24, 2.45) is 7.05 Å². The van der Waals surface area contributed by atoms with Crippen LogP contribution in [-0.4, -0.2) is 45.0 Å². The summed E-state index contributed by atoms with van der Waals surface area (Å²) in [5.74, 6) is 0.723. The molecule has 6 nitrogen and oxygen atoms in total. The number of likely N-dealkylation sites (tertiary alicyclic amines) is 1. The van der Waals surface area contributed by atoms with Gasteiger partial charge in [-0.3, -0.25) is 9.69 Å². The molecule has 0 saturated carbocycles. The highest BCUT2D eigenvalue weighted by atomic mass is 16.5. The second-order valence-corrected chi connectivity index (χ2v) is 10.8. The Labute approximate surface area is 233 Å². The maximum Gasteiger partial charge on any atom is 0.212 e. The van der Waals surface area contributed by atoms with Crippen LogP contribution in [0.25, 0.3) is 32.7 Å². The van der Waals surface area contributed by atoms with Gasteiger partial charge in [-0.15, -0.1) is 0 Å². The van der Waals surface area contributed by atoms with Gasteiger partial charge in [-0.1, -0.05) is 54.6 Å². The minimum atomic E-state index is 0.0771. The highest BCUT2D eigenvalue weighted by Crippen LogP contribution is 2.38. The molecule has 6 heteroatoms. The lowest BCUT2D eigenvalue weighted by Crippen LogP contribution is -2.34. The summed E-state index contributed by atoms with van der Waals surface area (Å²) < 4.78 is 9.74. The number of benzene rings is 3. The van der Waals surface area contributed by atoms with Crippen LogP contribution in [-0.2, 0) is 13.6 Å². The number of rotatable bonds is 6. The summed E-state index contributed by atoms with van der Waals surface area (Å²) >= 11 is 0. The first kappa shape index (κ1) is 24.6. The summed E-state index contributed by atoms with van der Waals surface area (Å²) in [5, 5.41) is 3.20. The van der Waals surface area contributed by atoms with E-state index in [1.807, 2.05) is 60.4 Å². The average Bonchev–Trinajstić information content (AvgIpc) is 3.53. The van der Waals surface area contributed by atoms with Crippen molar-refractivity contribution in [3.05, 3.63) is 108 Å². The van der Waals surface area contributed by atoms with E-state index in [4.69, 9.17) is 4.74 Å². The second-order valence-electron chi connectivity index (χ2n) is 10.8. The Morgan fingerprint density at radius 3 is 2.33 bits per heavy atom. The van der Waals surface area contributed by atoms with Crippen LogP contribution in [0.3, 0.4) is 0 Å². The van der Waals surface area contributed by atoms with Crippen molar-refractivity contribution in [2.75, 3.05) is 20.2 Å². The highest BCUT2D eigenvalue weighted by molar-refractivity contribution is 6.25. The topological polar surface area (TPSA) is 52.3 Å². The van der Waals surface area contributed by atoms with E-state index in [2.05, 4.69) is 56.9 Å².